The van der Waals surface area contributed by atoms with Crippen molar-refractivity contribution in [3.63, 3.8) is 0 Å². The molecule has 0 spiro atoms. The van der Waals surface area contributed by atoms with Crippen molar-refractivity contribution < 1.29 is 12.8 Å². The highest BCUT2D eigenvalue weighted by atomic mass is 32.2. The monoisotopic (exact) mass is 389 g/mol. The van der Waals surface area contributed by atoms with Crippen LogP contribution in [0.1, 0.15) is 11.1 Å². The molecule has 0 saturated heterocycles. The third kappa shape index (κ3) is 2.78. The molecule has 1 aliphatic rings. The van der Waals surface area contributed by atoms with Gasteiger partial charge in [-0.2, -0.15) is 0 Å². The smallest absolute Gasteiger partial charge is 0.336 e. The van der Waals surface area contributed by atoms with Crippen LogP contribution in [0.2, 0.25) is 0 Å². The van der Waals surface area contributed by atoms with Crippen LogP contribution < -0.4 is 10.3 Å². The summed E-state index contributed by atoms with van der Waals surface area (Å²) in [7, 11) is -3.77. The van der Waals surface area contributed by atoms with Gasteiger partial charge in [0.2, 0.25) is 0 Å². The molecule has 1 aromatic heterocycles. The molecule has 0 aliphatic heterocycles. The van der Waals surface area contributed by atoms with E-state index in [1.807, 2.05) is 24.3 Å². The van der Waals surface area contributed by atoms with E-state index in [4.69, 9.17) is 4.42 Å². The van der Waals surface area contributed by atoms with E-state index in [2.05, 4.69) is 16.9 Å². The minimum absolute atomic E-state index is 0.109. The summed E-state index contributed by atoms with van der Waals surface area (Å²) in [5, 5.41) is 0.548. The van der Waals surface area contributed by atoms with E-state index in [-0.39, 0.29) is 4.90 Å². The maximum absolute atomic E-state index is 12.8. The van der Waals surface area contributed by atoms with Gasteiger partial charge in [0.25, 0.3) is 10.0 Å². The minimum Gasteiger partial charge on any atom is -0.423 e. The summed E-state index contributed by atoms with van der Waals surface area (Å²) >= 11 is 0. The molecule has 28 heavy (non-hydrogen) atoms. The Labute approximate surface area is 161 Å². The number of nitrogens with one attached hydrogen (secondary N) is 1. The summed E-state index contributed by atoms with van der Waals surface area (Å²) in [5.74, 6) is 0. The Morgan fingerprint density at radius 1 is 0.821 bits per heavy atom. The summed E-state index contributed by atoms with van der Waals surface area (Å²) < 4.78 is 33.4. The van der Waals surface area contributed by atoms with Gasteiger partial charge in [-0.15, -0.1) is 0 Å². The largest absolute Gasteiger partial charge is 0.423 e. The molecule has 0 fully saturated rings. The molecule has 5 nitrogen and oxygen atoms in total. The minimum atomic E-state index is -3.77. The van der Waals surface area contributed by atoms with E-state index in [1.165, 1.54) is 35.4 Å². The molecule has 0 amide bonds. The van der Waals surface area contributed by atoms with Crippen LogP contribution in [0.5, 0.6) is 0 Å². The van der Waals surface area contributed by atoms with Gasteiger partial charge >= 0.3 is 5.63 Å². The SMILES string of the molecule is O=c1ccc2cc(S(=O)(=O)Nc3ccc4c(c3)Cc3ccccc3-4)ccc2o1. The lowest BCUT2D eigenvalue weighted by molar-refractivity contribution is 0.560. The van der Waals surface area contributed by atoms with Crippen molar-refractivity contribution in [1.29, 1.82) is 0 Å². The Morgan fingerprint density at radius 2 is 1.64 bits per heavy atom. The molecule has 4 aromatic rings. The second-order valence-electron chi connectivity index (χ2n) is 6.77. The molecule has 0 radical (unpaired) electrons. The quantitative estimate of drug-likeness (QED) is 0.470. The Hall–Kier alpha value is -3.38. The first-order valence-corrected chi connectivity index (χ1v) is 10.3. The van der Waals surface area contributed by atoms with Crippen LogP contribution in [-0.4, -0.2) is 8.42 Å². The van der Waals surface area contributed by atoms with E-state index in [9.17, 15) is 13.2 Å². The maximum Gasteiger partial charge on any atom is 0.336 e. The average molecular weight is 389 g/mol. The number of anilines is 1. The van der Waals surface area contributed by atoms with Crippen LogP contribution in [0, 0.1) is 0 Å². The molecular weight excluding hydrogens is 374 g/mol. The summed E-state index contributed by atoms with van der Waals surface area (Å²) in [6.45, 7) is 0. The standard InChI is InChI=1S/C22H15NO4S/c24-22-10-5-15-13-18(7-9-21(15)27-22)28(25,26)23-17-6-8-20-16(12-17)11-14-3-1-2-4-19(14)20/h1-10,12-13,23H,11H2. The van der Waals surface area contributed by atoms with Gasteiger partial charge in [-0.1, -0.05) is 30.3 Å². The lowest BCUT2D eigenvalue weighted by Crippen LogP contribution is -2.13. The molecule has 1 heterocycles. The second-order valence-corrected chi connectivity index (χ2v) is 8.45. The fraction of sp³-hybridized carbons (Fsp3) is 0.0455. The van der Waals surface area contributed by atoms with Crippen LogP contribution in [0.4, 0.5) is 5.69 Å². The Kier molecular flexibility index (Phi) is 3.64. The summed E-state index contributed by atoms with van der Waals surface area (Å²) in [4.78, 5) is 11.4. The lowest BCUT2D eigenvalue weighted by atomic mass is 10.1. The van der Waals surface area contributed by atoms with Gasteiger partial charge in [0.05, 0.1) is 4.90 Å². The molecule has 1 aliphatic carbocycles. The second kappa shape index (κ2) is 6.07. The molecule has 138 valence electrons. The van der Waals surface area contributed by atoms with Gasteiger partial charge in [-0.3, -0.25) is 4.72 Å². The molecule has 3 aromatic carbocycles. The summed E-state index contributed by atoms with van der Waals surface area (Å²) in [6.07, 6.45) is 0.788. The highest BCUT2D eigenvalue weighted by Crippen LogP contribution is 2.37. The lowest BCUT2D eigenvalue weighted by Gasteiger charge is -2.10. The zero-order valence-electron chi connectivity index (χ0n) is 14.7. The van der Waals surface area contributed by atoms with E-state index in [0.29, 0.717) is 16.7 Å². The van der Waals surface area contributed by atoms with Crippen LogP contribution in [0.15, 0.2) is 86.9 Å². The van der Waals surface area contributed by atoms with E-state index in [1.54, 1.807) is 12.1 Å². The summed E-state index contributed by atoms with van der Waals surface area (Å²) in [6, 6.07) is 21.0. The van der Waals surface area contributed by atoms with Crippen LogP contribution in [-0.2, 0) is 16.4 Å². The molecule has 0 saturated carbocycles. The van der Waals surface area contributed by atoms with E-state index in [0.717, 1.165) is 17.5 Å². The number of hydrogen-bond donors (Lipinski definition) is 1. The van der Waals surface area contributed by atoms with Gasteiger partial charge < -0.3 is 4.42 Å². The number of sulfonamides is 1. The van der Waals surface area contributed by atoms with Gasteiger partial charge in [0.15, 0.2) is 0 Å². The van der Waals surface area contributed by atoms with Gasteiger partial charge in [0, 0.05) is 17.1 Å². The van der Waals surface area contributed by atoms with Crippen molar-refractivity contribution in [1.82, 2.24) is 0 Å². The van der Waals surface area contributed by atoms with Crippen molar-refractivity contribution >= 4 is 26.7 Å². The molecular formula is C22H15NO4S. The van der Waals surface area contributed by atoms with Crippen molar-refractivity contribution in [2.24, 2.45) is 0 Å². The predicted octanol–water partition coefficient (Wildman–Crippen LogP) is 4.17. The number of rotatable bonds is 3. The molecule has 5 rings (SSSR count). The fourth-order valence-corrected chi connectivity index (χ4v) is 4.72. The van der Waals surface area contributed by atoms with Gasteiger partial charge in [-0.25, -0.2) is 13.2 Å². The highest BCUT2D eigenvalue weighted by Gasteiger charge is 2.20. The van der Waals surface area contributed by atoms with E-state index >= 15 is 0 Å². The normalized spacial score (nSPS) is 12.6. The first-order chi connectivity index (χ1) is 13.5. The van der Waals surface area contributed by atoms with Crippen molar-refractivity contribution in [2.75, 3.05) is 4.72 Å². The van der Waals surface area contributed by atoms with E-state index < -0.39 is 15.6 Å². The third-order valence-corrected chi connectivity index (χ3v) is 6.33. The molecule has 0 unspecified atom stereocenters. The van der Waals surface area contributed by atoms with Crippen LogP contribution >= 0.6 is 0 Å². The highest BCUT2D eigenvalue weighted by molar-refractivity contribution is 7.92. The topological polar surface area (TPSA) is 76.4 Å². The zero-order valence-corrected chi connectivity index (χ0v) is 15.5. The number of benzene rings is 3. The predicted molar refractivity (Wildman–Crippen MR) is 108 cm³/mol. The zero-order chi connectivity index (χ0) is 19.3. The van der Waals surface area contributed by atoms with Crippen LogP contribution in [0.3, 0.4) is 0 Å². The van der Waals surface area contributed by atoms with Crippen molar-refractivity contribution in [3.8, 4) is 11.1 Å². The Bertz CT molecular complexity index is 1400. The molecule has 6 heteroatoms. The average Bonchev–Trinajstić information content (AvgIpc) is 3.05. The maximum atomic E-state index is 12.8. The molecule has 1 N–H and O–H groups in total. The molecule has 0 atom stereocenters. The third-order valence-electron chi connectivity index (χ3n) is 4.95. The number of hydrogen-bond acceptors (Lipinski definition) is 4. The van der Waals surface area contributed by atoms with Crippen molar-refractivity contribution in [2.45, 2.75) is 11.3 Å². The van der Waals surface area contributed by atoms with Crippen LogP contribution in [0.25, 0.3) is 22.1 Å². The van der Waals surface area contributed by atoms with Gasteiger partial charge in [-0.05, 0) is 65.1 Å². The first kappa shape index (κ1) is 16.8. The van der Waals surface area contributed by atoms with Crippen molar-refractivity contribution in [3.05, 3.63) is 94.3 Å². The Morgan fingerprint density at radius 3 is 2.54 bits per heavy atom. The number of fused-ring (bicyclic) bond motifs is 4. The van der Waals surface area contributed by atoms with Gasteiger partial charge in [0.1, 0.15) is 5.58 Å². The first-order valence-electron chi connectivity index (χ1n) is 8.78. The molecule has 0 bridgehead atoms. The Balaban J connectivity index is 1.48. The summed E-state index contributed by atoms with van der Waals surface area (Å²) in [5.41, 5.74) is 5.07. The fourth-order valence-electron chi connectivity index (χ4n) is 3.64.